The van der Waals surface area contributed by atoms with Gasteiger partial charge in [-0.25, -0.2) is 22.8 Å². The molecule has 0 unspecified atom stereocenters. The van der Waals surface area contributed by atoms with Crippen LogP contribution in [0.2, 0.25) is 4.34 Å². The Hall–Kier alpha value is -3.28. The van der Waals surface area contributed by atoms with Crippen molar-refractivity contribution in [1.29, 1.82) is 0 Å². The molecule has 0 radical (unpaired) electrons. The summed E-state index contributed by atoms with van der Waals surface area (Å²) in [5.41, 5.74) is 0.760. The number of halogens is 1. The number of aromatic amines is 1. The number of ketones is 1. The van der Waals surface area contributed by atoms with Gasteiger partial charge in [-0.15, -0.1) is 11.3 Å². The summed E-state index contributed by atoms with van der Waals surface area (Å²) in [6.07, 6.45) is 3.42. The van der Waals surface area contributed by atoms with Crippen molar-refractivity contribution in [3.05, 3.63) is 79.4 Å². The third kappa shape index (κ3) is 4.86. The van der Waals surface area contributed by atoms with Crippen molar-refractivity contribution >= 4 is 55.1 Å². The highest BCUT2D eigenvalue weighted by Gasteiger charge is 2.22. The second-order valence-corrected chi connectivity index (χ2v) is 12.5. The lowest BCUT2D eigenvalue weighted by molar-refractivity contribution is -0.116. The smallest absolute Gasteiger partial charge is 0.334 e. The number of benzene rings is 1. The lowest BCUT2D eigenvalue weighted by Crippen LogP contribution is -2.34. The maximum absolute atomic E-state index is 13.1. The monoisotopic (exact) mass is 544 g/mol. The van der Waals surface area contributed by atoms with Crippen LogP contribution in [0.5, 0.6) is 0 Å². The number of rotatable bonds is 7. The number of pyridine rings is 1. The number of carbonyl (C=O) groups excluding carboxylic acids is 1. The van der Waals surface area contributed by atoms with E-state index in [-0.39, 0.29) is 16.4 Å². The SMILES string of the molecule is O=C(Cc1ccc(-n2c(=O)[nH]c3cc(N4CCCC4)ccc3c2=O)nc1)CS(=O)(=O)c1ccc(Cl)s1. The average Bonchev–Trinajstić information content (AvgIpc) is 3.52. The van der Waals surface area contributed by atoms with Crippen molar-refractivity contribution in [3.63, 3.8) is 0 Å². The van der Waals surface area contributed by atoms with Crippen LogP contribution in [0, 0.1) is 0 Å². The number of nitrogens with one attached hydrogen (secondary N) is 1. The van der Waals surface area contributed by atoms with Crippen molar-refractivity contribution in [2.24, 2.45) is 0 Å². The van der Waals surface area contributed by atoms with E-state index in [0.717, 1.165) is 47.5 Å². The molecule has 3 aromatic heterocycles. The van der Waals surface area contributed by atoms with Crippen LogP contribution in [0.3, 0.4) is 0 Å². The second-order valence-electron chi connectivity index (χ2n) is 8.55. The molecule has 1 aromatic carbocycles. The number of sulfone groups is 1. The number of hydrogen-bond acceptors (Lipinski definition) is 8. The van der Waals surface area contributed by atoms with Gasteiger partial charge in [0.2, 0.25) is 0 Å². The number of H-pyrrole nitrogens is 1. The fraction of sp³-hybridized carbons (Fsp3) is 0.250. The summed E-state index contributed by atoms with van der Waals surface area (Å²) in [5.74, 6) is -1.07. The molecule has 4 aromatic rings. The van der Waals surface area contributed by atoms with Crippen molar-refractivity contribution in [3.8, 4) is 5.82 Å². The summed E-state index contributed by atoms with van der Waals surface area (Å²) in [6.45, 7) is 1.89. The van der Waals surface area contributed by atoms with Gasteiger partial charge in [-0.1, -0.05) is 17.7 Å². The first-order valence-electron chi connectivity index (χ1n) is 11.2. The molecule has 0 saturated carbocycles. The summed E-state index contributed by atoms with van der Waals surface area (Å²) in [5, 5.41) is 0.359. The highest BCUT2D eigenvalue weighted by molar-refractivity contribution is 7.94. The van der Waals surface area contributed by atoms with E-state index < -0.39 is 32.6 Å². The van der Waals surface area contributed by atoms with E-state index >= 15 is 0 Å². The van der Waals surface area contributed by atoms with E-state index in [1.54, 1.807) is 12.1 Å². The van der Waals surface area contributed by atoms with Crippen LogP contribution >= 0.6 is 22.9 Å². The minimum atomic E-state index is -3.78. The summed E-state index contributed by atoms with van der Waals surface area (Å²) >= 11 is 6.69. The quantitative estimate of drug-likeness (QED) is 0.379. The Kier molecular flexibility index (Phi) is 6.54. The van der Waals surface area contributed by atoms with Gasteiger partial charge in [-0.2, -0.15) is 0 Å². The highest BCUT2D eigenvalue weighted by Crippen LogP contribution is 2.26. The minimum Gasteiger partial charge on any atom is -0.371 e. The summed E-state index contributed by atoms with van der Waals surface area (Å²) < 4.78 is 26.1. The van der Waals surface area contributed by atoms with Crippen molar-refractivity contribution in [1.82, 2.24) is 14.5 Å². The van der Waals surface area contributed by atoms with Crippen LogP contribution in [0.15, 0.2) is 62.5 Å². The summed E-state index contributed by atoms with van der Waals surface area (Å²) in [4.78, 5) is 47.4. The van der Waals surface area contributed by atoms with E-state index in [9.17, 15) is 22.8 Å². The number of carbonyl (C=O) groups is 1. The molecule has 1 aliphatic heterocycles. The van der Waals surface area contributed by atoms with Gasteiger partial charge < -0.3 is 9.88 Å². The van der Waals surface area contributed by atoms with Gasteiger partial charge >= 0.3 is 5.69 Å². The number of hydrogen-bond donors (Lipinski definition) is 1. The van der Waals surface area contributed by atoms with Crippen molar-refractivity contribution in [2.75, 3.05) is 23.7 Å². The summed E-state index contributed by atoms with van der Waals surface area (Å²) in [7, 11) is -3.78. The molecule has 0 aliphatic carbocycles. The van der Waals surface area contributed by atoms with E-state index in [0.29, 0.717) is 20.8 Å². The molecule has 1 fully saturated rings. The molecule has 186 valence electrons. The Labute approximate surface area is 214 Å². The average molecular weight is 545 g/mol. The van der Waals surface area contributed by atoms with Gasteiger partial charge in [0.15, 0.2) is 15.6 Å². The van der Waals surface area contributed by atoms with Crippen LogP contribution in [0.1, 0.15) is 18.4 Å². The van der Waals surface area contributed by atoms with Crippen LogP contribution < -0.4 is 16.1 Å². The molecule has 36 heavy (non-hydrogen) atoms. The zero-order valence-corrected chi connectivity index (χ0v) is 21.3. The largest absolute Gasteiger partial charge is 0.371 e. The Bertz CT molecular complexity index is 1680. The number of thiophene rings is 1. The molecule has 5 rings (SSSR count). The molecular formula is C24H21ClN4O5S2. The lowest BCUT2D eigenvalue weighted by atomic mass is 10.1. The predicted octanol–water partition coefficient (Wildman–Crippen LogP) is 2.97. The van der Waals surface area contributed by atoms with Crippen molar-refractivity contribution in [2.45, 2.75) is 23.5 Å². The van der Waals surface area contributed by atoms with Crippen molar-refractivity contribution < 1.29 is 13.2 Å². The number of Topliss-reactive ketones (excluding diaryl/α,β-unsaturated/α-hetero) is 1. The van der Waals surface area contributed by atoms with Gasteiger partial charge in [-0.05, 0) is 54.8 Å². The fourth-order valence-corrected chi connectivity index (χ4v) is 7.08. The third-order valence-corrected chi connectivity index (χ3v) is 9.49. The van der Waals surface area contributed by atoms with Crippen LogP contribution in [0.25, 0.3) is 16.7 Å². The number of aromatic nitrogens is 3. The lowest BCUT2D eigenvalue weighted by Gasteiger charge is -2.18. The zero-order chi connectivity index (χ0) is 25.4. The maximum Gasteiger partial charge on any atom is 0.334 e. The first-order valence-corrected chi connectivity index (χ1v) is 14.0. The Morgan fingerprint density at radius 2 is 1.86 bits per heavy atom. The Balaban J connectivity index is 1.36. The first kappa shape index (κ1) is 24.4. The van der Waals surface area contributed by atoms with E-state index in [1.165, 1.54) is 24.4 Å². The number of fused-ring (bicyclic) bond motifs is 1. The Morgan fingerprint density at radius 3 is 2.53 bits per heavy atom. The van der Waals surface area contributed by atoms with E-state index in [4.69, 9.17) is 11.6 Å². The van der Waals surface area contributed by atoms with Crippen LogP contribution in [-0.2, 0) is 21.1 Å². The zero-order valence-electron chi connectivity index (χ0n) is 18.9. The van der Waals surface area contributed by atoms with Gasteiger partial charge in [0.05, 0.1) is 15.2 Å². The Morgan fingerprint density at radius 1 is 1.08 bits per heavy atom. The van der Waals surface area contributed by atoms with E-state index in [1.807, 2.05) is 12.1 Å². The minimum absolute atomic E-state index is 0.0387. The fourth-order valence-electron chi connectivity index (χ4n) is 4.27. The molecule has 1 aliphatic rings. The number of anilines is 1. The topological polar surface area (TPSA) is 122 Å². The third-order valence-electron chi connectivity index (χ3n) is 6.00. The molecule has 1 saturated heterocycles. The van der Waals surface area contributed by atoms with Gasteiger partial charge in [-0.3, -0.25) is 9.59 Å². The first-order chi connectivity index (χ1) is 17.2. The van der Waals surface area contributed by atoms with Crippen LogP contribution in [-0.4, -0.2) is 47.6 Å². The molecule has 0 bridgehead atoms. The van der Waals surface area contributed by atoms with E-state index in [2.05, 4.69) is 14.9 Å². The highest BCUT2D eigenvalue weighted by atomic mass is 35.5. The van der Waals surface area contributed by atoms with Gasteiger partial charge in [0.25, 0.3) is 5.56 Å². The standard InChI is InChI=1S/C24H21ClN4O5S2/c25-20-6-8-22(35-20)36(33,34)14-17(30)11-15-3-7-21(26-13-15)29-23(31)18-5-4-16(28-9-1-2-10-28)12-19(18)27-24(29)32/h3-8,12-13H,1-2,9-11,14H2,(H,27,32). The normalized spacial score (nSPS) is 14.0. The number of nitrogens with zero attached hydrogens (tertiary/aromatic N) is 3. The molecule has 1 N–H and O–H groups in total. The summed E-state index contributed by atoms with van der Waals surface area (Å²) in [6, 6.07) is 11.2. The molecule has 12 heteroatoms. The molecule has 0 amide bonds. The van der Waals surface area contributed by atoms with Gasteiger partial charge in [0.1, 0.15) is 15.8 Å². The predicted molar refractivity (Wildman–Crippen MR) is 140 cm³/mol. The molecule has 4 heterocycles. The maximum atomic E-state index is 13.1. The molecule has 9 nitrogen and oxygen atoms in total. The molecule has 0 atom stereocenters. The second kappa shape index (κ2) is 9.64. The molecule has 0 spiro atoms. The van der Waals surface area contributed by atoms with Gasteiger partial charge in [0, 0.05) is 31.4 Å². The molecular weight excluding hydrogens is 524 g/mol. The van der Waals surface area contributed by atoms with Crippen LogP contribution in [0.4, 0.5) is 5.69 Å².